The van der Waals surface area contributed by atoms with Crippen LogP contribution in [0.1, 0.15) is 26.7 Å². The molecule has 1 aliphatic heterocycles. The molecule has 1 N–H and O–H groups in total. The number of nitrogens with zero attached hydrogens (tertiary/aromatic N) is 1. The zero-order valence-electron chi connectivity index (χ0n) is 12.7. The molecule has 0 atom stereocenters. The van der Waals surface area contributed by atoms with Crippen molar-refractivity contribution in [2.24, 2.45) is 0 Å². The molecule has 0 aliphatic carbocycles. The molecule has 1 fully saturated rings. The van der Waals surface area contributed by atoms with Gasteiger partial charge < -0.3 is 10.1 Å². The van der Waals surface area contributed by atoms with Crippen molar-refractivity contribution in [2.75, 3.05) is 25.0 Å². The number of nitrogens with one attached hydrogen (secondary N) is 1. The van der Waals surface area contributed by atoms with Crippen molar-refractivity contribution >= 4 is 17.3 Å². The molecule has 0 radical (unpaired) electrons. The smallest absolute Gasteiger partial charge is 0.138 e. The molecule has 21 heavy (non-hydrogen) atoms. The van der Waals surface area contributed by atoms with Crippen LogP contribution in [-0.2, 0) is 0 Å². The van der Waals surface area contributed by atoms with Gasteiger partial charge in [-0.1, -0.05) is 17.5 Å². The van der Waals surface area contributed by atoms with Gasteiger partial charge in [-0.15, -0.1) is 6.42 Å². The molecule has 0 spiro atoms. The zero-order chi connectivity index (χ0) is 15.2. The summed E-state index contributed by atoms with van der Waals surface area (Å²) >= 11 is 6.26. The van der Waals surface area contributed by atoms with Crippen molar-refractivity contribution < 1.29 is 4.74 Å². The normalized spacial score (nSPS) is 16.7. The van der Waals surface area contributed by atoms with Gasteiger partial charge in [-0.25, -0.2) is 0 Å². The van der Waals surface area contributed by atoms with E-state index in [-0.39, 0.29) is 6.10 Å². The highest BCUT2D eigenvalue weighted by atomic mass is 35.5. The van der Waals surface area contributed by atoms with Gasteiger partial charge in [0, 0.05) is 24.8 Å². The second kappa shape index (κ2) is 7.59. The fourth-order valence-electron chi connectivity index (χ4n) is 2.54. The molecule has 2 rings (SSSR count). The number of hydrogen-bond donors (Lipinski definition) is 1. The van der Waals surface area contributed by atoms with Crippen LogP contribution in [0.4, 0.5) is 5.69 Å². The van der Waals surface area contributed by atoms with Crippen molar-refractivity contribution in [3.8, 4) is 18.1 Å². The molecule has 1 aromatic rings. The molecule has 0 aromatic heterocycles. The van der Waals surface area contributed by atoms with E-state index >= 15 is 0 Å². The second-order valence-electron chi connectivity index (χ2n) is 5.71. The van der Waals surface area contributed by atoms with E-state index in [2.05, 4.69) is 16.1 Å². The molecular weight excluding hydrogens is 284 g/mol. The van der Waals surface area contributed by atoms with Crippen molar-refractivity contribution in [1.29, 1.82) is 0 Å². The van der Waals surface area contributed by atoms with Gasteiger partial charge in [0.15, 0.2) is 0 Å². The largest absolute Gasteiger partial charge is 0.489 e. The van der Waals surface area contributed by atoms with Crippen LogP contribution in [-0.4, -0.2) is 36.7 Å². The summed E-state index contributed by atoms with van der Waals surface area (Å²) in [7, 11) is 0. The quantitative estimate of drug-likeness (QED) is 0.841. The summed E-state index contributed by atoms with van der Waals surface area (Å²) in [5.74, 6) is 3.44. The highest BCUT2D eigenvalue weighted by Crippen LogP contribution is 2.29. The van der Waals surface area contributed by atoms with E-state index in [9.17, 15) is 0 Å². The van der Waals surface area contributed by atoms with Gasteiger partial charge in [-0.3, -0.25) is 4.90 Å². The molecule has 114 valence electrons. The number of rotatable bonds is 5. The lowest BCUT2D eigenvalue weighted by atomic mass is 10.0. The number of ether oxygens (including phenoxy) is 1. The average Bonchev–Trinajstić information content (AvgIpc) is 2.44. The van der Waals surface area contributed by atoms with Crippen molar-refractivity contribution in [2.45, 2.75) is 38.8 Å². The van der Waals surface area contributed by atoms with E-state index in [1.54, 1.807) is 0 Å². The lowest BCUT2D eigenvalue weighted by Gasteiger charge is -2.31. The third-order valence-electron chi connectivity index (χ3n) is 3.57. The predicted octanol–water partition coefficient (Wildman–Crippen LogP) is 3.64. The maximum Gasteiger partial charge on any atom is 0.138 e. The van der Waals surface area contributed by atoms with Crippen LogP contribution in [0.25, 0.3) is 0 Å². The Morgan fingerprint density at radius 3 is 2.71 bits per heavy atom. The molecule has 0 saturated carbocycles. The first-order valence-electron chi connectivity index (χ1n) is 7.47. The summed E-state index contributed by atoms with van der Waals surface area (Å²) in [4.78, 5) is 2.31. The Morgan fingerprint density at radius 1 is 1.43 bits per heavy atom. The van der Waals surface area contributed by atoms with Crippen LogP contribution in [0, 0.1) is 12.3 Å². The first-order chi connectivity index (χ1) is 10.1. The van der Waals surface area contributed by atoms with E-state index in [1.165, 1.54) is 0 Å². The monoisotopic (exact) mass is 306 g/mol. The lowest BCUT2D eigenvalue weighted by molar-refractivity contribution is 0.242. The topological polar surface area (TPSA) is 24.5 Å². The van der Waals surface area contributed by atoms with Gasteiger partial charge in [0.2, 0.25) is 0 Å². The van der Waals surface area contributed by atoms with E-state index in [1.807, 2.05) is 32.0 Å². The average molecular weight is 307 g/mol. The Bertz CT molecular complexity index is 502. The molecule has 0 unspecified atom stereocenters. The van der Waals surface area contributed by atoms with Gasteiger partial charge in [-0.05, 0) is 44.9 Å². The number of benzene rings is 1. The Hall–Kier alpha value is -1.37. The minimum Gasteiger partial charge on any atom is -0.489 e. The fraction of sp³-hybridized carbons (Fsp3) is 0.529. The third-order valence-corrected chi connectivity index (χ3v) is 3.86. The van der Waals surface area contributed by atoms with Crippen molar-refractivity contribution in [1.82, 2.24) is 4.90 Å². The highest BCUT2D eigenvalue weighted by molar-refractivity contribution is 6.32. The van der Waals surface area contributed by atoms with Crippen LogP contribution >= 0.6 is 11.6 Å². The first kappa shape index (κ1) is 16.0. The molecule has 1 aliphatic rings. The molecule has 1 heterocycles. The van der Waals surface area contributed by atoms with Crippen molar-refractivity contribution in [3.05, 3.63) is 23.2 Å². The second-order valence-corrected chi connectivity index (χ2v) is 6.12. The summed E-state index contributed by atoms with van der Waals surface area (Å²) < 4.78 is 5.65. The maximum atomic E-state index is 6.26. The van der Waals surface area contributed by atoms with Gasteiger partial charge in [0.1, 0.15) is 5.75 Å². The minimum atomic E-state index is 0.127. The van der Waals surface area contributed by atoms with Crippen LogP contribution in [0.2, 0.25) is 5.02 Å². The summed E-state index contributed by atoms with van der Waals surface area (Å²) in [5.41, 5.74) is 1.05. The zero-order valence-corrected chi connectivity index (χ0v) is 13.5. The van der Waals surface area contributed by atoms with Gasteiger partial charge in [0.05, 0.1) is 17.7 Å². The van der Waals surface area contributed by atoms with Crippen LogP contribution < -0.4 is 10.1 Å². The lowest BCUT2D eigenvalue weighted by Crippen LogP contribution is -2.39. The summed E-state index contributed by atoms with van der Waals surface area (Å²) in [6.07, 6.45) is 7.68. The number of halogens is 1. The van der Waals surface area contributed by atoms with Crippen LogP contribution in [0.3, 0.4) is 0 Å². The van der Waals surface area contributed by atoms with Gasteiger partial charge in [-0.2, -0.15) is 0 Å². The fourth-order valence-corrected chi connectivity index (χ4v) is 2.77. The molecule has 1 saturated heterocycles. The summed E-state index contributed by atoms with van der Waals surface area (Å²) in [6.45, 7) is 6.83. The SMILES string of the molecule is C#CCN1CCC(Nc2ccc(OC(C)C)c(Cl)c2)CC1. The number of hydrogen-bond acceptors (Lipinski definition) is 3. The van der Waals surface area contributed by atoms with Crippen LogP contribution in [0.15, 0.2) is 18.2 Å². The Kier molecular flexibility index (Phi) is 5.78. The third kappa shape index (κ3) is 4.84. The molecule has 3 nitrogen and oxygen atoms in total. The molecule has 0 bridgehead atoms. The van der Waals surface area contributed by atoms with E-state index < -0.39 is 0 Å². The van der Waals surface area contributed by atoms with E-state index in [0.29, 0.717) is 11.1 Å². The Morgan fingerprint density at radius 2 is 2.14 bits per heavy atom. The summed E-state index contributed by atoms with van der Waals surface area (Å²) in [6, 6.07) is 6.37. The maximum absolute atomic E-state index is 6.26. The number of likely N-dealkylation sites (tertiary alicyclic amines) is 1. The summed E-state index contributed by atoms with van der Waals surface area (Å²) in [5, 5.41) is 4.20. The number of piperidine rings is 1. The Balaban J connectivity index is 1.89. The van der Waals surface area contributed by atoms with Gasteiger partial charge >= 0.3 is 0 Å². The highest BCUT2D eigenvalue weighted by Gasteiger charge is 2.18. The van der Waals surface area contributed by atoms with Crippen LogP contribution in [0.5, 0.6) is 5.75 Å². The minimum absolute atomic E-state index is 0.127. The van der Waals surface area contributed by atoms with Gasteiger partial charge in [0.25, 0.3) is 0 Å². The number of terminal acetylenes is 1. The van der Waals surface area contributed by atoms with E-state index in [4.69, 9.17) is 22.8 Å². The molecular formula is C17H23ClN2O. The standard InChI is InChI=1S/C17H23ClN2O/c1-4-9-20-10-7-14(8-11-20)19-15-5-6-17(16(18)12-15)21-13(2)3/h1,5-6,12-14,19H,7-11H2,2-3H3. The number of anilines is 1. The molecule has 1 aromatic carbocycles. The molecule has 0 amide bonds. The van der Waals surface area contributed by atoms with Crippen molar-refractivity contribution in [3.63, 3.8) is 0 Å². The van der Waals surface area contributed by atoms with E-state index in [0.717, 1.165) is 43.9 Å². The Labute approximate surface area is 132 Å². The predicted molar refractivity (Wildman–Crippen MR) is 89.1 cm³/mol. The first-order valence-corrected chi connectivity index (χ1v) is 7.85. The molecule has 4 heteroatoms.